The largest absolute Gasteiger partial charge is 0.505 e. The molecule has 0 spiro atoms. The zero-order valence-corrected chi connectivity index (χ0v) is 23.0. The molecule has 0 aliphatic rings. The van der Waals surface area contributed by atoms with Crippen LogP contribution < -0.4 is 14.8 Å². The van der Waals surface area contributed by atoms with Gasteiger partial charge in [0.05, 0.1) is 14.2 Å². The van der Waals surface area contributed by atoms with E-state index < -0.39 is 12.0 Å². The van der Waals surface area contributed by atoms with E-state index in [1.165, 1.54) is 0 Å². The maximum absolute atomic E-state index is 13.8. The van der Waals surface area contributed by atoms with Gasteiger partial charge < -0.3 is 24.6 Å². The molecule has 0 aliphatic carbocycles. The number of amides is 1. The van der Waals surface area contributed by atoms with E-state index in [0.717, 1.165) is 16.5 Å². The van der Waals surface area contributed by atoms with E-state index >= 15 is 0 Å². The second kappa shape index (κ2) is 12.5. The molecule has 0 saturated carbocycles. The summed E-state index contributed by atoms with van der Waals surface area (Å²) >= 11 is 0. The summed E-state index contributed by atoms with van der Waals surface area (Å²) in [5.74, 6) is 1.63. The highest BCUT2D eigenvalue weighted by Gasteiger charge is 2.27. The van der Waals surface area contributed by atoms with Crippen molar-refractivity contribution in [2.24, 2.45) is 0 Å². The van der Waals surface area contributed by atoms with Gasteiger partial charge in [-0.05, 0) is 41.5 Å². The number of rotatable bonds is 11. The molecule has 3 aromatic carbocycles. The molecule has 10 heteroatoms. The Kier molecular flexibility index (Phi) is 8.40. The Bertz CT molecular complexity index is 1620. The van der Waals surface area contributed by atoms with Crippen molar-refractivity contribution in [3.05, 3.63) is 107 Å². The Morgan fingerprint density at radius 1 is 0.927 bits per heavy atom. The minimum absolute atomic E-state index is 0.0419. The van der Waals surface area contributed by atoms with Gasteiger partial charge in [0.15, 0.2) is 11.6 Å². The van der Waals surface area contributed by atoms with Crippen LogP contribution in [0.25, 0.3) is 10.9 Å². The summed E-state index contributed by atoms with van der Waals surface area (Å²) in [6, 6.07) is 21.6. The highest BCUT2D eigenvalue weighted by atomic mass is 16.5. The number of carbonyl (C=O) groups excluding carboxylic acids is 1. The number of methoxy groups -OCH3 is 3. The van der Waals surface area contributed by atoms with Gasteiger partial charge in [-0.3, -0.25) is 14.9 Å². The van der Waals surface area contributed by atoms with Crippen LogP contribution in [0.2, 0.25) is 0 Å². The number of H-pyrrole nitrogens is 1. The molecule has 0 fully saturated rings. The van der Waals surface area contributed by atoms with Gasteiger partial charge in [-0.2, -0.15) is 5.10 Å². The number of fused-ring (bicyclic) bond motifs is 1. The zero-order chi connectivity index (χ0) is 28.8. The fourth-order valence-corrected chi connectivity index (χ4v) is 4.81. The first-order valence-corrected chi connectivity index (χ1v) is 13.0. The van der Waals surface area contributed by atoms with Crippen LogP contribution in [0.3, 0.4) is 0 Å². The lowest BCUT2D eigenvalue weighted by Crippen LogP contribution is -2.31. The maximum atomic E-state index is 13.8. The number of benzene rings is 3. The van der Waals surface area contributed by atoms with Gasteiger partial charge in [-0.15, -0.1) is 0 Å². The van der Waals surface area contributed by atoms with E-state index in [9.17, 15) is 9.90 Å². The highest BCUT2D eigenvalue weighted by Crippen LogP contribution is 2.38. The molecule has 0 saturated heterocycles. The Morgan fingerprint density at radius 3 is 2.27 bits per heavy atom. The smallest absolute Gasteiger partial charge is 0.221 e. The lowest BCUT2D eigenvalue weighted by Gasteiger charge is -2.22. The third-order valence-corrected chi connectivity index (χ3v) is 6.90. The van der Waals surface area contributed by atoms with Gasteiger partial charge >= 0.3 is 0 Å². The normalized spacial score (nSPS) is 12.6. The number of phenolic OH excluding ortho intramolecular Hbond substituents is 1. The van der Waals surface area contributed by atoms with Gasteiger partial charge in [0.25, 0.3) is 0 Å². The molecular weight excluding hydrogens is 522 g/mol. The predicted octanol–water partition coefficient (Wildman–Crippen LogP) is 4.65. The van der Waals surface area contributed by atoms with Crippen molar-refractivity contribution < 1.29 is 24.1 Å². The van der Waals surface area contributed by atoms with E-state index in [-0.39, 0.29) is 24.7 Å². The number of carbonyl (C=O) groups is 1. The Balaban J connectivity index is 1.49. The van der Waals surface area contributed by atoms with Crippen molar-refractivity contribution in [3.63, 3.8) is 0 Å². The highest BCUT2D eigenvalue weighted by molar-refractivity contribution is 5.86. The molecule has 2 atom stereocenters. The molecule has 41 heavy (non-hydrogen) atoms. The second-order valence-electron chi connectivity index (χ2n) is 9.46. The fraction of sp³-hybridized carbons (Fsp3) is 0.226. The van der Waals surface area contributed by atoms with Crippen molar-refractivity contribution in [2.75, 3.05) is 21.3 Å². The number of hydrogen-bond donors (Lipinski definition) is 3. The van der Waals surface area contributed by atoms with E-state index in [1.54, 1.807) is 27.5 Å². The van der Waals surface area contributed by atoms with Crippen LogP contribution in [0.5, 0.6) is 17.2 Å². The summed E-state index contributed by atoms with van der Waals surface area (Å²) < 4.78 is 15.8. The fourth-order valence-electron chi connectivity index (χ4n) is 4.81. The van der Waals surface area contributed by atoms with E-state index in [4.69, 9.17) is 14.2 Å². The van der Waals surface area contributed by atoms with Crippen LogP contribution >= 0.6 is 0 Å². The first-order valence-electron chi connectivity index (χ1n) is 13.0. The van der Waals surface area contributed by atoms with Crippen LogP contribution in [0.15, 0.2) is 79.0 Å². The van der Waals surface area contributed by atoms with E-state index in [1.807, 2.05) is 72.8 Å². The standard InChI is InChI=1S/C31H31N5O5/c1-39-18-26-33-31(36-35-26)29(21-8-13-23(41-3)14-9-21)34-27(37)17-25(19-6-11-22(40-2)12-7-19)24-15-10-20-5-4-16-32-28(20)30(24)38/h4-16,25,29,38H,17-18H2,1-3H3,(H,34,37)(H,33,35,36). The van der Waals surface area contributed by atoms with Crippen molar-refractivity contribution in [2.45, 2.75) is 25.0 Å². The van der Waals surface area contributed by atoms with Crippen LogP contribution in [0.4, 0.5) is 0 Å². The molecule has 5 aromatic rings. The monoisotopic (exact) mass is 553 g/mol. The molecule has 210 valence electrons. The van der Waals surface area contributed by atoms with Crippen molar-refractivity contribution >= 4 is 16.8 Å². The van der Waals surface area contributed by atoms with Gasteiger partial charge in [-0.25, -0.2) is 4.98 Å². The van der Waals surface area contributed by atoms with Crippen LogP contribution in [0, 0.1) is 0 Å². The van der Waals surface area contributed by atoms with Crippen molar-refractivity contribution in [3.8, 4) is 17.2 Å². The Morgan fingerprint density at radius 2 is 1.61 bits per heavy atom. The third-order valence-electron chi connectivity index (χ3n) is 6.90. The van der Waals surface area contributed by atoms with Crippen LogP contribution in [-0.4, -0.2) is 52.5 Å². The maximum Gasteiger partial charge on any atom is 0.221 e. The summed E-state index contributed by atoms with van der Waals surface area (Å²) in [4.78, 5) is 22.7. The molecule has 0 radical (unpaired) electrons. The minimum atomic E-state index is -0.640. The van der Waals surface area contributed by atoms with Crippen molar-refractivity contribution in [1.82, 2.24) is 25.5 Å². The molecule has 2 aromatic heterocycles. The number of aromatic hydroxyl groups is 1. The number of aromatic amines is 1. The summed E-state index contributed by atoms with van der Waals surface area (Å²) in [6.45, 7) is 0.255. The summed E-state index contributed by atoms with van der Waals surface area (Å²) in [5, 5.41) is 22.4. The van der Waals surface area contributed by atoms with Gasteiger partial charge in [0.2, 0.25) is 5.91 Å². The number of nitrogens with zero attached hydrogens (tertiary/aromatic N) is 3. The molecular formula is C31H31N5O5. The first-order chi connectivity index (χ1) is 20.0. The average Bonchev–Trinajstić information content (AvgIpc) is 3.48. The molecule has 0 bridgehead atoms. The number of ether oxygens (including phenoxy) is 3. The summed E-state index contributed by atoms with van der Waals surface area (Å²) in [7, 11) is 4.76. The molecule has 0 aliphatic heterocycles. The van der Waals surface area contributed by atoms with Gasteiger partial charge in [-0.1, -0.05) is 42.5 Å². The number of nitrogens with one attached hydrogen (secondary N) is 2. The zero-order valence-electron chi connectivity index (χ0n) is 23.0. The average molecular weight is 554 g/mol. The molecule has 3 N–H and O–H groups in total. The van der Waals surface area contributed by atoms with Crippen LogP contribution in [0.1, 0.15) is 46.7 Å². The SMILES string of the molecule is COCc1nc(C(NC(=O)CC(c2ccc(OC)cc2)c2ccc3cccnc3c2O)c2ccc(OC)cc2)n[nH]1. The number of aromatic nitrogens is 4. The second-order valence-corrected chi connectivity index (χ2v) is 9.46. The third kappa shape index (κ3) is 6.12. The Hall–Kier alpha value is -4.96. The Labute approximate surface area is 237 Å². The molecule has 10 nitrogen and oxygen atoms in total. The summed E-state index contributed by atoms with van der Waals surface area (Å²) in [6.07, 6.45) is 1.68. The molecule has 1 amide bonds. The number of pyridine rings is 1. The first kappa shape index (κ1) is 27.6. The van der Waals surface area contributed by atoms with E-state index in [2.05, 4.69) is 25.5 Å². The topological polar surface area (TPSA) is 131 Å². The molecule has 2 unspecified atom stereocenters. The quantitative estimate of drug-likeness (QED) is 0.215. The van der Waals surface area contributed by atoms with Crippen LogP contribution in [-0.2, 0) is 16.1 Å². The number of phenols is 1. The summed E-state index contributed by atoms with van der Waals surface area (Å²) in [5.41, 5.74) is 2.69. The van der Waals surface area contributed by atoms with Crippen molar-refractivity contribution in [1.29, 1.82) is 0 Å². The van der Waals surface area contributed by atoms with Gasteiger partial charge in [0.1, 0.15) is 35.4 Å². The predicted molar refractivity (Wildman–Crippen MR) is 153 cm³/mol. The van der Waals surface area contributed by atoms with Gasteiger partial charge in [0, 0.05) is 36.6 Å². The number of hydrogen-bond acceptors (Lipinski definition) is 8. The lowest BCUT2D eigenvalue weighted by atomic mass is 9.86. The minimum Gasteiger partial charge on any atom is -0.505 e. The van der Waals surface area contributed by atoms with E-state index in [0.29, 0.717) is 34.2 Å². The molecule has 5 rings (SSSR count). The molecule has 2 heterocycles. The lowest BCUT2D eigenvalue weighted by molar-refractivity contribution is -0.121.